The number of aromatic nitrogens is 3. The Bertz CT molecular complexity index is 731. The van der Waals surface area contributed by atoms with Crippen molar-refractivity contribution in [2.75, 3.05) is 0 Å². The number of benzene rings is 1. The van der Waals surface area contributed by atoms with Crippen LogP contribution in [0.3, 0.4) is 0 Å². The number of thiophene rings is 1. The van der Waals surface area contributed by atoms with Crippen LogP contribution in [0.4, 0.5) is 0 Å². The van der Waals surface area contributed by atoms with E-state index in [4.69, 9.17) is 0 Å². The molecular formula is C13H12N4OS. The molecule has 3 aromatic rings. The predicted molar refractivity (Wildman–Crippen MR) is 74.1 cm³/mol. The molecule has 0 aliphatic heterocycles. The van der Waals surface area contributed by atoms with Gasteiger partial charge in [0, 0.05) is 10.4 Å². The second-order valence-electron chi connectivity index (χ2n) is 4.24. The van der Waals surface area contributed by atoms with Gasteiger partial charge in [0.1, 0.15) is 11.0 Å². The first kappa shape index (κ1) is 11.9. The molecule has 0 atom stereocenters. The fourth-order valence-electron chi connectivity index (χ4n) is 1.83. The topological polar surface area (TPSA) is 70.7 Å². The van der Waals surface area contributed by atoms with Crippen molar-refractivity contribution in [2.24, 2.45) is 0 Å². The Morgan fingerprint density at radius 3 is 2.95 bits per heavy atom. The number of amides is 1. The third kappa shape index (κ3) is 2.34. The second kappa shape index (κ2) is 4.81. The molecule has 0 aliphatic carbocycles. The molecule has 0 saturated heterocycles. The van der Waals surface area contributed by atoms with Gasteiger partial charge in [0.25, 0.3) is 5.91 Å². The van der Waals surface area contributed by atoms with Gasteiger partial charge in [0.05, 0.1) is 6.54 Å². The number of hydrogen-bond acceptors (Lipinski definition) is 4. The van der Waals surface area contributed by atoms with Crippen molar-refractivity contribution in [1.82, 2.24) is 20.7 Å². The van der Waals surface area contributed by atoms with Crippen molar-refractivity contribution in [3.63, 3.8) is 0 Å². The number of H-pyrrole nitrogens is 1. The summed E-state index contributed by atoms with van der Waals surface area (Å²) in [4.78, 5) is 13.2. The number of aromatic amines is 1. The lowest BCUT2D eigenvalue weighted by molar-refractivity contribution is 0.0951. The normalized spacial score (nSPS) is 10.8. The van der Waals surface area contributed by atoms with Gasteiger partial charge in [0.15, 0.2) is 0 Å². The monoisotopic (exact) mass is 272 g/mol. The number of fused-ring (bicyclic) bond motifs is 1. The smallest absolute Gasteiger partial charge is 0.251 e. The van der Waals surface area contributed by atoms with Crippen LogP contribution < -0.4 is 5.32 Å². The molecule has 1 amide bonds. The van der Waals surface area contributed by atoms with Crippen molar-refractivity contribution in [1.29, 1.82) is 0 Å². The van der Waals surface area contributed by atoms with Gasteiger partial charge in [-0.1, -0.05) is 0 Å². The number of carbonyl (C=O) groups is 1. The molecule has 0 aliphatic rings. The molecule has 0 bridgehead atoms. The van der Waals surface area contributed by atoms with Gasteiger partial charge in [0.2, 0.25) is 0 Å². The molecule has 1 aromatic carbocycles. The first-order chi connectivity index (χ1) is 9.24. The summed E-state index contributed by atoms with van der Waals surface area (Å²) in [6, 6.07) is 7.31. The van der Waals surface area contributed by atoms with Crippen LogP contribution in [0.25, 0.3) is 11.0 Å². The highest BCUT2D eigenvalue weighted by Gasteiger charge is 2.08. The lowest BCUT2D eigenvalue weighted by Gasteiger charge is -2.04. The first-order valence-electron chi connectivity index (χ1n) is 5.86. The lowest BCUT2D eigenvalue weighted by Crippen LogP contribution is -2.22. The van der Waals surface area contributed by atoms with E-state index in [0.29, 0.717) is 17.6 Å². The van der Waals surface area contributed by atoms with Crippen LogP contribution in [0, 0.1) is 6.92 Å². The van der Waals surface area contributed by atoms with Gasteiger partial charge >= 0.3 is 0 Å². The molecule has 0 radical (unpaired) electrons. The molecule has 96 valence electrons. The van der Waals surface area contributed by atoms with Crippen LogP contribution in [0.5, 0.6) is 0 Å². The number of nitrogens with zero attached hydrogens (tertiary/aromatic N) is 2. The van der Waals surface area contributed by atoms with E-state index in [0.717, 1.165) is 5.52 Å². The van der Waals surface area contributed by atoms with E-state index >= 15 is 0 Å². The van der Waals surface area contributed by atoms with Gasteiger partial charge in [-0.15, -0.1) is 11.3 Å². The van der Waals surface area contributed by atoms with Gasteiger partial charge < -0.3 is 5.32 Å². The number of nitrogens with one attached hydrogen (secondary N) is 2. The Hall–Kier alpha value is -2.21. The average Bonchev–Trinajstić information content (AvgIpc) is 3.03. The largest absolute Gasteiger partial charge is 0.347 e. The molecular weight excluding hydrogens is 260 g/mol. The zero-order chi connectivity index (χ0) is 13.2. The van der Waals surface area contributed by atoms with Gasteiger partial charge in [-0.05, 0) is 42.1 Å². The summed E-state index contributed by atoms with van der Waals surface area (Å²) < 4.78 is 0. The van der Waals surface area contributed by atoms with Crippen LogP contribution in [-0.2, 0) is 6.54 Å². The summed E-state index contributed by atoms with van der Waals surface area (Å²) in [6.45, 7) is 2.60. The van der Waals surface area contributed by atoms with Crippen molar-refractivity contribution < 1.29 is 4.79 Å². The third-order valence-corrected chi connectivity index (χ3v) is 3.98. The molecule has 5 nitrogen and oxygen atoms in total. The second-order valence-corrected chi connectivity index (χ2v) is 5.24. The maximum atomic E-state index is 12.1. The highest BCUT2D eigenvalue weighted by atomic mass is 32.1. The summed E-state index contributed by atoms with van der Waals surface area (Å²) in [7, 11) is 0. The van der Waals surface area contributed by atoms with Crippen LogP contribution in [0.1, 0.15) is 20.8 Å². The maximum absolute atomic E-state index is 12.1. The van der Waals surface area contributed by atoms with Crippen LogP contribution >= 0.6 is 11.3 Å². The zero-order valence-electron chi connectivity index (χ0n) is 10.3. The maximum Gasteiger partial charge on any atom is 0.251 e. The third-order valence-electron chi connectivity index (χ3n) is 2.96. The molecule has 2 heterocycles. The minimum atomic E-state index is -0.0994. The zero-order valence-corrected chi connectivity index (χ0v) is 11.1. The average molecular weight is 272 g/mol. The summed E-state index contributed by atoms with van der Waals surface area (Å²) in [5, 5.41) is 15.4. The molecule has 0 fully saturated rings. The molecule has 2 aromatic heterocycles. The van der Waals surface area contributed by atoms with E-state index in [9.17, 15) is 4.79 Å². The Kier molecular flexibility index (Phi) is 3.00. The van der Waals surface area contributed by atoms with E-state index in [1.165, 1.54) is 10.4 Å². The Morgan fingerprint density at radius 2 is 2.16 bits per heavy atom. The number of hydrogen-bond donors (Lipinski definition) is 2. The van der Waals surface area contributed by atoms with Crippen molar-refractivity contribution in [2.45, 2.75) is 13.5 Å². The van der Waals surface area contributed by atoms with Gasteiger partial charge in [-0.3, -0.25) is 4.79 Å². The van der Waals surface area contributed by atoms with Crippen molar-refractivity contribution in [3.8, 4) is 0 Å². The summed E-state index contributed by atoms with van der Waals surface area (Å²) in [5.74, 6) is -0.0994. The molecule has 0 spiro atoms. The Morgan fingerprint density at radius 1 is 1.32 bits per heavy atom. The quantitative estimate of drug-likeness (QED) is 0.768. The predicted octanol–water partition coefficient (Wildman–Crippen LogP) is 2.26. The molecule has 2 N–H and O–H groups in total. The van der Waals surface area contributed by atoms with E-state index in [1.54, 1.807) is 29.5 Å². The van der Waals surface area contributed by atoms with E-state index in [-0.39, 0.29) is 5.91 Å². The van der Waals surface area contributed by atoms with Gasteiger partial charge in [-0.2, -0.15) is 15.4 Å². The van der Waals surface area contributed by atoms with E-state index < -0.39 is 0 Å². The minimum absolute atomic E-state index is 0.0994. The minimum Gasteiger partial charge on any atom is -0.347 e. The van der Waals surface area contributed by atoms with Crippen LogP contribution in [-0.4, -0.2) is 21.3 Å². The summed E-state index contributed by atoms with van der Waals surface area (Å²) >= 11 is 1.65. The number of aryl methyl sites for hydroxylation is 1. The lowest BCUT2D eigenvalue weighted by atomic mass is 10.2. The molecule has 19 heavy (non-hydrogen) atoms. The standard InChI is InChI=1S/C13H12N4OS/c1-8-4-5-19-12(8)7-14-13(18)9-2-3-10-11(6-9)16-17-15-10/h2-6H,7H2,1H3,(H,14,18)(H,15,16,17). The fraction of sp³-hybridized carbons (Fsp3) is 0.154. The summed E-state index contributed by atoms with van der Waals surface area (Å²) in [5.41, 5.74) is 3.25. The van der Waals surface area contributed by atoms with Crippen molar-refractivity contribution in [3.05, 3.63) is 45.6 Å². The molecule has 0 unspecified atom stereocenters. The van der Waals surface area contributed by atoms with Crippen LogP contribution in [0.15, 0.2) is 29.6 Å². The Labute approximate surface area is 113 Å². The number of rotatable bonds is 3. The molecule has 3 rings (SSSR count). The molecule has 6 heteroatoms. The summed E-state index contributed by atoms with van der Waals surface area (Å²) in [6.07, 6.45) is 0. The number of carbonyl (C=O) groups excluding carboxylic acids is 1. The first-order valence-corrected chi connectivity index (χ1v) is 6.74. The highest BCUT2D eigenvalue weighted by Crippen LogP contribution is 2.15. The van der Waals surface area contributed by atoms with Crippen LogP contribution in [0.2, 0.25) is 0 Å². The van der Waals surface area contributed by atoms with Crippen molar-refractivity contribution >= 4 is 28.3 Å². The fourth-order valence-corrected chi connectivity index (χ4v) is 2.68. The molecule has 0 saturated carbocycles. The van der Waals surface area contributed by atoms with E-state index in [1.807, 2.05) is 18.4 Å². The SMILES string of the molecule is Cc1ccsc1CNC(=O)c1ccc2n[nH]nc2c1. The Balaban J connectivity index is 1.74. The highest BCUT2D eigenvalue weighted by molar-refractivity contribution is 7.10. The van der Waals surface area contributed by atoms with Gasteiger partial charge in [-0.25, -0.2) is 0 Å². The van der Waals surface area contributed by atoms with E-state index in [2.05, 4.69) is 20.7 Å².